The van der Waals surface area contributed by atoms with E-state index in [1.807, 2.05) is 12.1 Å². The molecule has 0 aromatic heterocycles. The van der Waals surface area contributed by atoms with Crippen LogP contribution < -0.4 is 9.64 Å². The number of nitrogens with zero attached hydrogens (tertiary/aromatic N) is 1. The largest absolute Gasteiger partial charge is 0.487 e. The van der Waals surface area contributed by atoms with Crippen molar-refractivity contribution < 1.29 is 13.9 Å². The zero-order valence-corrected chi connectivity index (χ0v) is 21.7. The van der Waals surface area contributed by atoms with E-state index >= 15 is 0 Å². The third-order valence-corrected chi connectivity index (χ3v) is 7.19. The highest BCUT2D eigenvalue weighted by atomic mass is 79.9. The van der Waals surface area contributed by atoms with Gasteiger partial charge in [0.1, 0.15) is 18.2 Å². The summed E-state index contributed by atoms with van der Waals surface area (Å²) in [6.07, 6.45) is 1.78. The van der Waals surface area contributed by atoms with E-state index in [9.17, 15) is 9.18 Å². The first-order valence-corrected chi connectivity index (χ1v) is 12.4. The van der Waals surface area contributed by atoms with E-state index < -0.39 is 0 Å². The predicted molar refractivity (Wildman–Crippen MR) is 140 cm³/mol. The Kier molecular flexibility index (Phi) is 7.37. The molecule has 0 bridgehead atoms. The van der Waals surface area contributed by atoms with E-state index in [1.165, 1.54) is 28.8 Å². The van der Waals surface area contributed by atoms with Crippen molar-refractivity contribution in [3.05, 3.63) is 96.5 Å². The van der Waals surface area contributed by atoms with Crippen molar-refractivity contribution in [3.8, 4) is 5.75 Å². The first-order valence-electron chi connectivity index (χ1n) is 9.21. The van der Waals surface area contributed by atoms with Gasteiger partial charge in [0.2, 0.25) is 0 Å². The number of thiocarbonyl (C=S) groups is 1. The Morgan fingerprint density at radius 3 is 2.44 bits per heavy atom. The van der Waals surface area contributed by atoms with E-state index in [2.05, 4.69) is 31.9 Å². The number of carbonyl (C=O) groups is 1. The van der Waals surface area contributed by atoms with E-state index in [0.717, 1.165) is 11.1 Å². The SMILES string of the molecule is O=C1/C(=C\c2cc(Br)c(OCc3ccc(F)cc3)c(Br)c2)SC(=S)N1c1cccc(Cl)c1. The fraction of sp³-hybridized carbons (Fsp3) is 0.0435. The second kappa shape index (κ2) is 10.1. The molecule has 4 rings (SSSR count). The van der Waals surface area contributed by atoms with Gasteiger partial charge in [-0.3, -0.25) is 9.69 Å². The summed E-state index contributed by atoms with van der Waals surface area (Å²) in [4.78, 5) is 15.0. The number of hydrogen-bond donors (Lipinski definition) is 0. The van der Waals surface area contributed by atoms with Crippen LogP contribution in [-0.2, 0) is 11.4 Å². The number of hydrogen-bond acceptors (Lipinski definition) is 4. The third-order valence-electron chi connectivity index (χ3n) is 4.47. The predicted octanol–water partition coefficient (Wildman–Crippen LogP) is 7.99. The number of carbonyl (C=O) groups excluding carboxylic acids is 1. The van der Waals surface area contributed by atoms with Gasteiger partial charge in [-0.1, -0.05) is 53.8 Å². The molecular formula is C23H13Br2ClFNO2S2. The van der Waals surface area contributed by atoms with Crippen molar-refractivity contribution in [2.45, 2.75) is 6.61 Å². The second-order valence-electron chi connectivity index (χ2n) is 6.73. The molecule has 9 heteroatoms. The Morgan fingerprint density at radius 2 is 1.78 bits per heavy atom. The van der Waals surface area contributed by atoms with Crippen LogP contribution in [0.1, 0.15) is 11.1 Å². The van der Waals surface area contributed by atoms with Gasteiger partial charge in [-0.25, -0.2) is 4.39 Å². The van der Waals surface area contributed by atoms with Gasteiger partial charge in [0.05, 0.1) is 19.5 Å². The average Bonchev–Trinajstić information content (AvgIpc) is 3.01. The molecule has 0 spiro atoms. The molecule has 3 aromatic carbocycles. The monoisotopic (exact) mass is 611 g/mol. The van der Waals surface area contributed by atoms with Gasteiger partial charge in [0.15, 0.2) is 4.32 Å². The molecule has 1 fully saturated rings. The summed E-state index contributed by atoms with van der Waals surface area (Å²) in [5.74, 6) is 0.116. The number of anilines is 1. The van der Waals surface area contributed by atoms with Crippen LogP contribution in [0, 0.1) is 5.82 Å². The van der Waals surface area contributed by atoms with Gasteiger partial charge in [0, 0.05) is 5.02 Å². The van der Waals surface area contributed by atoms with Gasteiger partial charge in [-0.05, 0) is 91.5 Å². The number of ether oxygens (including phenoxy) is 1. The Balaban J connectivity index is 1.54. The number of amides is 1. The molecule has 3 aromatic rings. The van der Waals surface area contributed by atoms with Crippen LogP contribution >= 0.6 is 67.4 Å². The lowest BCUT2D eigenvalue weighted by molar-refractivity contribution is -0.113. The second-order valence-corrected chi connectivity index (χ2v) is 10.5. The summed E-state index contributed by atoms with van der Waals surface area (Å²) >= 11 is 19.8. The van der Waals surface area contributed by atoms with Gasteiger partial charge < -0.3 is 4.74 Å². The molecule has 0 saturated carbocycles. The minimum atomic E-state index is -0.291. The fourth-order valence-corrected chi connectivity index (χ4v) is 5.93. The first-order chi connectivity index (χ1) is 15.3. The van der Waals surface area contributed by atoms with Crippen molar-refractivity contribution in [1.82, 2.24) is 0 Å². The molecule has 1 aliphatic rings. The summed E-state index contributed by atoms with van der Waals surface area (Å²) in [7, 11) is 0. The molecule has 1 aliphatic heterocycles. The van der Waals surface area contributed by atoms with Crippen molar-refractivity contribution in [2.24, 2.45) is 0 Å². The van der Waals surface area contributed by atoms with Crippen LogP contribution in [0.25, 0.3) is 6.08 Å². The van der Waals surface area contributed by atoms with Crippen LogP contribution in [0.2, 0.25) is 5.02 Å². The fourth-order valence-electron chi connectivity index (χ4n) is 2.99. The van der Waals surface area contributed by atoms with Gasteiger partial charge >= 0.3 is 0 Å². The Labute approximate surface area is 215 Å². The lowest BCUT2D eigenvalue weighted by Crippen LogP contribution is -2.27. The Morgan fingerprint density at radius 1 is 1.09 bits per heavy atom. The van der Waals surface area contributed by atoms with Gasteiger partial charge in [-0.15, -0.1) is 0 Å². The van der Waals surface area contributed by atoms with E-state index in [4.69, 9.17) is 28.6 Å². The number of benzene rings is 3. The van der Waals surface area contributed by atoms with E-state index in [0.29, 0.717) is 34.6 Å². The van der Waals surface area contributed by atoms with Gasteiger partial charge in [-0.2, -0.15) is 0 Å². The molecule has 32 heavy (non-hydrogen) atoms. The zero-order valence-electron chi connectivity index (χ0n) is 16.2. The summed E-state index contributed by atoms with van der Waals surface area (Å²) in [6.45, 7) is 0.287. The molecule has 3 nitrogen and oxygen atoms in total. The highest BCUT2D eigenvalue weighted by molar-refractivity contribution is 9.11. The first kappa shape index (κ1) is 23.4. The molecule has 1 saturated heterocycles. The molecule has 1 amide bonds. The van der Waals surface area contributed by atoms with E-state index in [-0.39, 0.29) is 18.3 Å². The minimum Gasteiger partial charge on any atom is -0.487 e. The Hall–Kier alpha value is -1.71. The quantitative estimate of drug-likeness (QED) is 0.216. The third kappa shape index (κ3) is 5.26. The lowest BCUT2D eigenvalue weighted by atomic mass is 10.2. The van der Waals surface area contributed by atoms with Crippen molar-refractivity contribution in [2.75, 3.05) is 4.90 Å². The zero-order chi connectivity index (χ0) is 22.8. The van der Waals surface area contributed by atoms with Crippen LogP contribution in [0.5, 0.6) is 5.75 Å². The number of rotatable bonds is 5. The van der Waals surface area contributed by atoms with Crippen LogP contribution in [-0.4, -0.2) is 10.2 Å². The molecule has 1 heterocycles. The van der Waals surface area contributed by atoms with Crippen molar-refractivity contribution >= 4 is 89.4 Å². The van der Waals surface area contributed by atoms with Gasteiger partial charge in [0.25, 0.3) is 5.91 Å². The molecule has 162 valence electrons. The van der Waals surface area contributed by atoms with Crippen LogP contribution in [0.4, 0.5) is 10.1 Å². The summed E-state index contributed by atoms with van der Waals surface area (Å²) < 4.78 is 20.8. The standard InChI is InChI=1S/C23H13Br2ClFNO2S2/c24-18-8-14(9-19(25)21(18)30-12-13-4-6-16(27)7-5-13)10-20-22(29)28(23(31)32-20)17-3-1-2-15(26)11-17/h1-11H,12H2/b20-10+. The Bertz CT molecular complexity index is 1230. The number of thioether (sulfide) groups is 1. The smallest absolute Gasteiger partial charge is 0.270 e. The maximum Gasteiger partial charge on any atom is 0.270 e. The highest BCUT2D eigenvalue weighted by Crippen LogP contribution is 2.39. The number of halogens is 4. The highest BCUT2D eigenvalue weighted by Gasteiger charge is 2.33. The lowest BCUT2D eigenvalue weighted by Gasteiger charge is -2.14. The summed E-state index contributed by atoms with van der Waals surface area (Å²) in [5.41, 5.74) is 2.28. The average molecular weight is 614 g/mol. The minimum absolute atomic E-state index is 0.203. The molecule has 0 aliphatic carbocycles. The summed E-state index contributed by atoms with van der Waals surface area (Å²) in [5, 5.41) is 0.532. The molecule has 0 radical (unpaired) electrons. The van der Waals surface area contributed by atoms with Crippen molar-refractivity contribution in [3.63, 3.8) is 0 Å². The molecule has 0 N–H and O–H groups in total. The van der Waals surface area contributed by atoms with Crippen LogP contribution in [0.15, 0.2) is 74.5 Å². The summed E-state index contributed by atoms with van der Waals surface area (Å²) in [6, 6.07) is 16.9. The molecule has 0 unspecified atom stereocenters. The molecular weight excluding hydrogens is 601 g/mol. The van der Waals surface area contributed by atoms with E-state index in [1.54, 1.807) is 42.5 Å². The topological polar surface area (TPSA) is 29.5 Å². The normalized spacial score (nSPS) is 15.0. The molecule has 0 atom stereocenters. The maximum atomic E-state index is 13.1. The van der Waals surface area contributed by atoms with Crippen molar-refractivity contribution in [1.29, 1.82) is 0 Å². The maximum absolute atomic E-state index is 13.1. The van der Waals surface area contributed by atoms with Crippen LogP contribution in [0.3, 0.4) is 0 Å².